The largest absolute Gasteiger partial charge is 0.397 e. The first-order chi connectivity index (χ1) is 9.16. The summed E-state index contributed by atoms with van der Waals surface area (Å²) in [5.74, 6) is -0.479. The molecule has 0 fully saturated rings. The van der Waals surface area contributed by atoms with E-state index in [2.05, 4.69) is 17.0 Å². The van der Waals surface area contributed by atoms with Gasteiger partial charge >= 0.3 is 0 Å². The molecule has 2 N–H and O–H groups in total. The van der Waals surface area contributed by atoms with E-state index in [4.69, 9.17) is 17.3 Å². The highest BCUT2D eigenvalue weighted by atomic mass is 35.5. The number of fused-ring (bicyclic) bond motifs is 1. The van der Waals surface area contributed by atoms with Gasteiger partial charge in [-0.2, -0.15) is 0 Å². The van der Waals surface area contributed by atoms with Crippen LogP contribution in [0.3, 0.4) is 0 Å². The van der Waals surface area contributed by atoms with Crippen molar-refractivity contribution in [3.05, 3.63) is 52.8 Å². The van der Waals surface area contributed by atoms with Crippen LogP contribution in [-0.2, 0) is 6.42 Å². The Labute approximate surface area is 116 Å². The molecule has 4 heteroatoms. The van der Waals surface area contributed by atoms with Gasteiger partial charge in [0.15, 0.2) is 0 Å². The van der Waals surface area contributed by atoms with Crippen LogP contribution in [0.2, 0.25) is 5.02 Å². The van der Waals surface area contributed by atoms with Crippen molar-refractivity contribution in [1.82, 2.24) is 0 Å². The van der Waals surface area contributed by atoms with Gasteiger partial charge in [-0.25, -0.2) is 4.39 Å². The zero-order valence-electron chi connectivity index (χ0n) is 10.4. The molecule has 0 aliphatic carbocycles. The van der Waals surface area contributed by atoms with E-state index >= 15 is 0 Å². The van der Waals surface area contributed by atoms with E-state index in [0.717, 1.165) is 30.8 Å². The Hall–Kier alpha value is -1.74. The lowest BCUT2D eigenvalue weighted by atomic mass is 10.0. The number of halogens is 2. The number of benzene rings is 2. The first kappa shape index (κ1) is 12.3. The molecule has 0 aromatic heterocycles. The van der Waals surface area contributed by atoms with Crippen LogP contribution in [0, 0.1) is 5.82 Å². The van der Waals surface area contributed by atoms with Crippen molar-refractivity contribution >= 4 is 28.7 Å². The van der Waals surface area contributed by atoms with Crippen LogP contribution < -0.4 is 10.6 Å². The molecule has 0 saturated carbocycles. The molecule has 0 saturated heterocycles. The smallest absolute Gasteiger partial charge is 0.143 e. The van der Waals surface area contributed by atoms with Gasteiger partial charge in [-0.1, -0.05) is 29.8 Å². The zero-order valence-corrected chi connectivity index (χ0v) is 11.1. The van der Waals surface area contributed by atoms with Crippen molar-refractivity contribution in [3.8, 4) is 0 Å². The number of hydrogen-bond donors (Lipinski definition) is 1. The van der Waals surface area contributed by atoms with E-state index in [0.29, 0.717) is 5.69 Å². The summed E-state index contributed by atoms with van der Waals surface area (Å²) < 4.78 is 13.4. The van der Waals surface area contributed by atoms with Gasteiger partial charge in [-0.15, -0.1) is 0 Å². The van der Waals surface area contributed by atoms with E-state index in [1.54, 1.807) is 6.07 Å². The molecular weight excluding hydrogens is 263 g/mol. The van der Waals surface area contributed by atoms with Crippen LogP contribution in [0.4, 0.5) is 21.5 Å². The van der Waals surface area contributed by atoms with Gasteiger partial charge in [0.05, 0.1) is 16.4 Å². The molecular formula is C15H14ClFN2. The summed E-state index contributed by atoms with van der Waals surface area (Å²) in [6.07, 6.45) is 2.10. The maximum absolute atomic E-state index is 13.4. The molecule has 2 aromatic carbocycles. The minimum Gasteiger partial charge on any atom is -0.397 e. The molecule has 0 radical (unpaired) electrons. The Morgan fingerprint density at radius 3 is 2.79 bits per heavy atom. The first-order valence-electron chi connectivity index (χ1n) is 6.27. The van der Waals surface area contributed by atoms with E-state index in [1.807, 2.05) is 12.1 Å². The highest BCUT2D eigenvalue weighted by Gasteiger charge is 2.20. The minimum atomic E-state index is -0.479. The Balaban J connectivity index is 2.11. The molecule has 1 heterocycles. The van der Waals surface area contributed by atoms with Gasteiger partial charge < -0.3 is 10.6 Å². The van der Waals surface area contributed by atoms with E-state index in [9.17, 15) is 4.39 Å². The van der Waals surface area contributed by atoms with Crippen LogP contribution in [0.25, 0.3) is 0 Å². The molecule has 0 spiro atoms. The van der Waals surface area contributed by atoms with Crippen LogP contribution in [0.1, 0.15) is 12.0 Å². The summed E-state index contributed by atoms with van der Waals surface area (Å²) >= 11 is 5.87. The number of para-hydroxylation sites is 1. The Kier molecular flexibility index (Phi) is 3.07. The number of nitrogen functional groups attached to an aromatic ring is 1. The van der Waals surface area contributed by atoms with Crippen LogP contribution in [-0.4, -0.2) is 6.54 Å². The third kappa shape index (κ3) is 2.15. The maximum atomic E-state index is 13.4. The Morgan fingerprint density at radius 1 is 1.16 bits per heavy atom. The topological polar surface area (TPSA) is 29.3 Å². The SMILES string of the molecule is Nc1cc(F)c(Cl)cc1N1CCCc2ccccc21. The highest BCUT2D eigenvalue weighted by molar-refractivity contribution is 6.31. The average Bonchev–Trinajstić information content (AvgIpc) is 2.42. The highest BCUT2D eigenvalue weighted by Crippen LogP contribution is 2.38. The monoisotopic (exact) mass is 276 g/mol. The van der Waals surface area contributed by atoms with Gasteiger partial charge in [0.25, 0.3) is 0 Å². The second-order valence-corrected chi connectivity index (χ2v) is 5.12. The second-order valence-electron chi connectivity index (χ2n) is 4.71. The first-order valence-corrected chi connectivity index (χ1v) is 6.64. The van der Waals surface area contributed by atoms with E-state index in [1.165, 1.54) is 11.6 Å². The van der Waals surface area contributed by atoms with Gasteiger partial charge in [0.1, 0.15) is 5.82 Å². The fraction of sp³-hybridized carbons (Fsp3) is 0.200. The quantitative estimate of drug-likeness (QED) is 0.793. The van der Waals surface area contributed by atoms with Crippen molar-refractivity contribution in [2.45, 2.75) is 12.8 Å². The molecule has 19 heavy (non-hydrogen) atoms. The van der Waals surface area contributed by atoms with Crippen molar-refractivity contribution in [3.63, 3.8) is 0 Å². The molecule has 0 amide bonds. The molecule has 2 nitrogen and oxygen atoms in total. The molecule has 0 unspecified atom stereocenters. The lowest BCUT2D eigenvalue weighted by molar-refractivity contribution is 0.628. The number of anilines is 3. The summed E-state index contributed by atoms with van der Waals surface area (Å²) in [6.45, 7) is 0.864. The van der Waals surface area contributed by atoms with Crippen molar-refractivity contribution in [2.24, 2.45) is 0 Å². The number of hydrogen-bond acceptors (Lipinski definition) is 2. The van der Waals surface area contributed by atoms with Gasteiger partial charge in [-0.3, -0.25) is 0 Å². The molecule has 2 aromatic rings. The third-order valence-corrected chi connectivity index (χ3v) is 3.76. The molecule has 98 valence electrons. The van der Waals surface area contributed by atoms with Crippen LogP contribution >= 0.6 is 11.6 Å². The lowest BCUT2D eigenvalue weighted by Gasteiger charge is -2.32. The predicted molar refractivity (Wildman–Crippen MR) is 77.6 cm³/mol. The number of nitrogens with two attached hydrogens (primary N) is 1. The third-order valence-electron chi connectivity index (χ3n) is 3.47. The number of aryl methyl sites for hydroxylation is 1. The van der Waals surface area contributed by atoms with Crippen LogP contribution in [0.5, 0.6) is 0 Å². The van der Waals surface area contributed by atoms with Crippen molar-refractivity contribution in [2.75, 3.05) is 17.2 Å². The van der Waals surface area contributed by atoms with Crippen molar-refractivity contribution < 1.29 is 4.39 Å². The van der Waals surface area contributed by atoms with Crippen LogP contribution in [0.15, 0.2) is 36.4 Å². The maximum Gasteiger partial charge on any atom is 0.143 e. The van der Waals surface area contributed by atoms with Gasteiger partial charge in [0, 0.05) is 18.3 Å². The Bertz CT molecular complexity index is 628. The fourth-order valence-corrected chi connectivity index (χ4v) is 2.73. The Morgan fingerprint density at radius 2 is 1.95 bits per heavy atom. The molecule has 0 bridgehead atoms. The lowest BCUT2D eigenvalue weighted by Crippen LogP contribution is -2.25. The normalized spacial score (nSPS) is 14.3. The van der Waals surface area contributed by atoms with E-state index < -0.39 is 5.82 Å². The average molecular weight is 277 g/mol. The summed E-state index contributed by atoms with van der Waals surface area (Å²) in [6, 6.07) is 11.1. The minimum absolute atomic E-state index is 0.104. The van der Waals surface area contributed by atoms with Gasteiger partial charge in [-0.05, 0) is 30.5 Å². The van der Waals surface area contributed by atoms with Gasteiger partial charge in [0.2, 0.25) is 0 Å². The zero-order chi connectivity index (χ0) is 13.4. The summed E-state index contributed by atoms with van der Waals surface area (Å²) in [7, 11) is 0. The second kappa shape index (κ2) is 4.74. The molecule has 0 atom stereocenters. The van der Waals surface area contributed by atoms with E-state index in [-0.39, 0.29) is 5.02 Å². The summed E-state index contributed by atoms with van der Waals surface area (Å²) in [5.41, 5.74) is 9.54. The molecule has 1 aliphatic rings. The standard InChI is InChI=1S/C15H14ClFN2/c16-11-8-15(13(18)9-12(11)17)19-7-3-5-10-4-1-2-6-14(10)19/h1-2,4,6,8-9H,3,5,7,18H2. The number of nitrogens with zero attached hydrogens (tertiary/aromatic N) is 1. The predicted octanol–water partition coefficient (Wildman–Crippen LogP) is 4.15. The summed E-state index contributed by atoms with van der Waals surface area (Å²) in [5, 5.41) is 0.104. The fourth-order valence-electron chi connectivity index (χ4n) is 2.57. The molecule has 1 aliphatic heterocycles. The summed E-state index contributed by atoms with van der Waals surface area (Å²) in [4.78, 5) is 2.11. The molecule has 3 rings (SSSR count). The number of rotatable bonds is 1. The van der Waals surface area contributed by atoms with Crippen molar-refractivity contribution in [1.29, 1.82) is 0 Å².